The van der Waals surface area contributed by atoms with Crippen molar-refractivity contribution in [1.82, 2.24) is 10.2 Å². The van der Waals surface area contributed by atoms with Gasteiger partial charge in [-0.3, -0.25) is 24.0 Å². The fourth-order valence-corrected chi connectivity index (χ4v) is 5.56. The normalized spacial score (nSPS) is 12.0. The van der Waals surface area contributed by atoms with Gasteiger partial charge in [0.1, 0.15) is 12.6 Å². The number of hydrogen-bond acceptors (Lipinski definition) is 6. The van der Waals surface area contributed by atoms with Gasteiger partial charge in [-0.05, 0) is 36.1 Å². The van der Waals surface area contributed by atoms with Gasteiger partial charge in [-0.2, -0.15) is 0 Å². The molecular formula is C29H34N4O6S. The van der Waals surface area contributed by atoms with Crippen LogP contribution in [0.1, 0.15) is 32.8 Å². The molecule has 0 unspecified atom stereocenters. The molecule has 0 saturated carbocycles. The second kappa shape index (κ2) is 13.7. The lowest BCUT2D eigenvalue weighted by Crippen LogP contribution is -2.52. The standard InChI is InChI=1S/C29H34N4O6S/c1-4-27(29(35)30-19-22(2)3)31(20-23-12-7-5-8-13-23)28(34)21-32(24-14-11-15-25(18-24)33(36)37)40(38,39)26-16-9-6-10-17-26/h5-18,22,27H,4,19-21H2,1-3H3,(H,30,35)/t27-/m0/s1. The van der Waals surface area contributed by atoms with E-state index in [0.717, 1.165) is 15.9 Å². The maximum Gasteiger partial charge on any atom is 0.271 e. The summed E-state index contributed by atoms with van der Waals surface area (Å²) < 4.78 is 28.4. The molecule has 11 heteroatoms. The van der Waals surface area contributed by atoms with E-state index in [9.17, 15) is 28.1 Å². The van der Waals surface area contributed by atoms with Gasteiger partial charge in [0.15, 0.2) is 0 Å². The molecule has 0 aromatic heterocycles. The van der Waals surface area contributed by atoms with Crippen LogP contribution in [0.4, 0.5) is 11.4 Å². The van der Waals surface area contributed by atoms with Gasteiger partial charge < -0.3 is 10.2 Å². The van der Waals surface area contributed by atoms with Gasteiger partial charge in [-0.1, -0.05) is 75.4 Å². The molecule has 212 valence electrons. The number of nitro groups is 1. The van der Waals surface area contributed by atoms with Gasteiger partial charge in [0, 0.05) is 25.2 Å². The topological polar surface area (TPSA) is 130 Å². The number of rotatable bonds is 13. The summed E-state index contributed by atoms with van der Waals surface area (Å²) in [6, 6.07) is 20.9. The van der Waals surface area contributed by atoms with Crippen molar-refractivity contribution in [1.29, 1.82) is 0 Å². The molecule has 2 amide bonds. The quantitative estimate of drug-likeness (QED) is 0.242. The largest absolute Gasteiger partial charge is 0.354 e. The van der Waals surface area contributed by atoms with Crippen molar-refractivity contribution in [3.8, 4) is 0 Å². The van der Waals surface area contributed by atoms with E-state index in [0.29, 0.717) is 13.0 Å². The lowest BCUT2D eigenvalue weighted by atomic mass is 10.1. The van der Waals surface area contributed by atoms with Crippen molar-refractivity contribution in [3.05, 3.63) is 101 Å². The van der Waals surface area contributed by atoms with Crippen LogP contribution in [-0.2, 0) is 26.2 Å². The Morgan fingerprint density at radius 3 is 2.15 bits per heavy atom. The predicted molar refractivity (Wildman–Crippen MR) is 153 cm³/mol. The Bertz CT molecular complexity index is 1410. The van der Waals surface area contributed by atoms with Gasteiger partial charge in [-0.15, -0.1) is 0 Å². The molecule has 3 rings (SSSR count). The molecule has 0 saturated heterocycles. The first kappa shape index (κ1) is 30.3. The molecule has 1 atom stereocenters. The molecule has 3 aromatic rings. The number of non-ortho nitro benzene ring substituents is 1. The number of hydrogen-bond donors (Lipinski definition) is 1. The van der Waals surface area contributed by atoms with Crippen molar-refractivity contribution in [3.63, 3.8) is 0 Å². The van der Waals surface area contributed by atoms with E-state index in [2.05, 4.69) is 5.32 Å². The maximum absolute atomic E-state index is 14.0. The Morgan fingerprint density at radius 1 is 0.950 bits per heavy atom. The highest BCUT2D eigenvalue weighted by Gasteiger charge is 2.34. The Kier molecular flexibility index (Phi) is 10.4. The van der Waals surface area contributed by atoms with Gasteiger partial charge in [0.2, 0.25) is 11.8 Å². The number of nitro benzene ring substituents is 1. The molecule has 1 N–H and O–H groups in total. The van der Waals surface area contributed by atoms with Crippen LogP contribution in [0.15, 0.2) is 89.8 Å². The second-order valence-electron chi connectivity index (χ2n) is 9.67. The average molecular weight is 567 g/mol. The first-order chi connectivity index (χ1) is 19.0. The molecule has 0 heterocycles. The van der Waals surface area contributed by atoms with Crippen LogP contribution in [0.5, 0.6) is 0 Å². The fourth-order valence-electron chi connectivity index (χ4n) is 4.13. The van der Waals surface area contributed by atoms with Crippen LogP contribution in [0.25, 0.3) is 0 Å². The Morgan fingerprint density at radius 2 is 1.57 bits per heavy atom. The SMILES string of the molecule is CC[C@@H](C(=O)NCC(C)C)N(Cc1ccccc1)C(=O)CN(c1cccc([N+](=O)[O-])c1)S(=O)(=O)c1ccccc1. The minimum Gasteiger partial charge on any atom is -0.354 e. The summed E-state index contributed by atoms with van der Waals surface area (Å²) in [5.74, 6) is -0.769. The molecule has 0 radical (unpaired) electrons. The minimum absolute atomic E-state index is 0.0385. The second-order valence-corrected chi connectivity index (χ2v) is 11.5. The Balaban J connectivity index is 2.06. The highest BCUT2D eigenvalue weighted by atomic mass is 32.2. The summed E-state index contributed by atoms with van der Waals surface area (Å²) in [6.45, 7) is 5.52. The van der Waals surface area contributed by atoms with Crippen LogP contribution >= 0.6 is 0 Å². The van der Waals surface area contributed by atoms with Gasteiger partial charge in [-0.25, -0.2) is 8.42 Å². The molecule has 0 fully saturated rings. The van der Waals surface area contributed by atoms with Gasteiger partial charge >= 0.3 is 0 Å². The molecular weight excluding hydrogens is 532 g/mol. The van der Waals surface area contributed by atoms with E-state index >= 15 is 0 Å². The van der Waals surface area contributed by atoms with Crippen molar-refractivity contribution in [2.75, 3.05) is 17.4 Å². The Labute approximate surface area is 234 Å². The van der Waals surface area contributed by atoms with Crippen molar-refractivity contribution < 1.29 is 22.9 Å². The highest BCUT2D eigenvalue weighted by molar-refractivity contribution is 7.92. The highest BCUT2D eigenvalue weighted by Crippen LogP contribution is 2.27. The molecule has 40 heavy (non-hydrogen) atoms. The van der Waals surface area contributed by atoms with E-state index in [1.165, 1.54) is 35.2 Å². The third kappa shape index (κ3) is 7.66. The summed E-state index contributed by atoms with van der Waals surface area (Å²) in [5, 5.41) is 14.3. The molecule has 0 aliphatic carbocycles. The van der Waals surface area contributed by atoms with E-state index in [1.54, 1.807) is 25.1 Å². The number of carbonyl (C=O) groups excluding carboxylic acids is 2. The van der Waals surface area contributed by atoms with Crippen LogP contribution in [0.2, 0.25) is 0 Å². The number of carbonyl (C=O) groups is 2. The summed E-state index contributed by atoms with van der Waals surface area (Å²) in [5.41, 5.74) is 0.404. The number of sulfonamides is 1. The van der Waals surface area contributed by atoms with Crippen LogP contribution in [0, 0.1) is 16.0 Å². The predicted octanol–water partition coefficient (Wildman–Crippen LogP) is 4.37. The molecule has 3 aromatic carbocycles. The molecule has 10 nitrogen and oxygen atoms in total. The van der Waals surface area contributed by atoms with Gasteiger partial charge in [0.05, 0.1) is 15.5 Å². The summed E-state index contributed by atoms with van der Waals surface area (Å²) in [4.78, 5) is 39.3. The first-order valence-corrected chi connectivity index (χ1v) is 14.4. The Hall–Kier alpha value is -4.25. The third-order valence-electron chi connectivity index (χ3n) is 6.20. The molecule has 0 bridgehead atoms. The van der Waals surface area contributed by atoms with Crippen LogP contribution in [-0.4, -0.2) is 49.2 Å². The zero-order valence-electron chi connectivity index (χ0n) is 22.8. The molecule has 0 aliphatic rings. The van der Waals surface area contributed by atoms with E-state index in [-0.39, 0.29) is 34.6 Å². The minimum atomic E-state index is -4.31. The third-order valence-corrected chi connectivity index (χ3v) is 7.99. The number of nitrogens with one attached hydrogen (secondary N) is 1. The summed E-state index contributed by atoms with van der Waals surface area (Å²) in [6.07, 6.45) is 0.296. The summed E-state index contributed by atoms with van der Waals surface area (Å²) >= 11 is 0. The average Bonchev–Trinajstić information content (AvgIpc) is 2.95. The number of benzene rings is 3. The van der Waals surface area contributed by atoms with E-state index in [4.69, 9.17) is 0 Å². The number of anilines is 1. The van der Waals surface area contributed by atoms with E-state index in [1.807, 2.05) is 44.2 Å². The molecule has 0 spiro atoms. The lowest BCUT2D eigenvalue weighted by molar-refractivity contribution is -0.384. The first-order valence-electron chi connectivity index (χ1n) is 13.0. The van der Waals surface area contributed by atoms with E-state index < -0.39 is 33.4 Å². The van der Waals surface area contributed by atoms with Crippen LogP contribution < -0.4 is 9.62 Å². The number of nitrogens with zero attached hydrogens (tertiary/aromatic N) is 3. The lowest BCUT2D eigenvalue weighted by Gasteiger charge is -2.33. The maximum atomic E-state index is 14.0. The zero-order valence-corrected chi connectivity index (χ0v) is 23.6. The smallest absolute Gasteiger partial charge is 0.271 e. The van der Waals surface area contributed by atoms with Crippen molar-refractivity contribution >= 4 is 33.2 Å². The summed E-state index contributed by atoms with van der Waals surface area (Å²) in [7, 11) is -4.31. The van der Waals surface area contributed by atoms with Gasteiger partial charge in [0.25, 0.3) is 15.7 Å². The fraction of sp³-hybridized carbons (Fsp3) is 0.310. The molecule has 0 aliphatic heterocycles. The zero-order chi connectivity index (χ0) is 29.3. The van der Waals surface area contributed by atoms with Crippen LogP contribution in [0.3, 0.4) is 0 Å². The monoisotopic (exact) mass is 566 g/mol. The van der Waals surface area contributed by atoms with Crippen molar-refractivity contribution in [2.24, 2.45) is 5.92 Å². The number of amides is 2. The van der Waals surface area contributed by atoms with Crippen molar-refractivity contribution in [2.45, 2.75) is 44.7 Å².